The summed E-state index contributed by atoms with van der Waals surface area (Å²) in [4.78, 5) is 12.7. The summed E-state index contributed by atoms with van der Waals surface area (Å²) in [5.74, 6) is 1.31. The molecule has 1 atom stereocenters. The van der Waals surface area contributed by atoms with Crippen molar-refractivity contribution in [3.63, 3.8) is 0 Å². The molecule has 1 aliphatic heterocycles. The molecule has 1 aliphatic rings. The summed E-state index contributed by atoms with van der Waals surface area (Å²) >= 11 is 1.67. The summed E-state index contributed by atoms with van der Waals surface area (Å²) in [5.41, 5.74) is 8.37. The normalized spacial score (nSPS) is 17.8. The maximum Gasteiger partial charge on any atom is 0.191 e. The number of rotatable bonds is 5. The van der Waals surface area contributed by atoms with Crippen LogP contribution in [-0.4, -0.2) is 36.0 Å². The van der Waals surface area contributed by atoms with Crippen molar-refractivity contribution in [1.29, 1.82) is 0 Å². The van der Waals surface area contributed by atoms with E-state index < -0.39 is 0 Å². The summed E-state index contributed by atoms with van der Waals surface area (Å²) in [6.45, 7) is 5.28. The number of ether oxygens (including phenoxy) is 1. The Morgan fingerprint density at radius 2 is 2.15 bits per heavy atom. The lowest BCUT2D eigenvalue weighted by molar-refractivity contribution is 0.184. The highest BCUT2D eigenvalue weighted by molar-refractivity contribution is 14.0. The van der Waals surface area contributed by atoms with Crippen molar-refractivity contribution in [1.82, 2.24) is 9.88 Å². The van der Waals surface area contributed by atoms with Crippen LogP contribution in [0.1, 0.15) is 30.5 Å². The van der Waals surface area contributed by atoms with Crippen LogP contribution in [-0.2, 0) is 17.9 Å². The fourth-order valence-electron chi connectivity index (χ4n) is 3.16. The molecule has 2 aromatic rings. The topological polar surface area (TPSA) is 63.7 Å². The van der Waals surface area contributed by atoms with Crippen LogP contribution < -0.4 is 5.73 Å². The Hall–Kier alpha value is -1.19. The van der Waals surface area contributed by atoms with Crippen molar-refractivity contribution in [3.8, 4) is 10.4 Å². The zero-order chi connectivity index (χ0) is 17.6. The number of piperidine rings is 1. The number of thiazole rings is 1. The highest BCUT2D eigenvalue weighted by Crippen LogP contribution is 2.31. The molecule has 2 N–H and O–H groups in total. The first-order valence-corrected chi connectivity index (χ1v) is 9.57. The molecule has 1 unspecified atom stereocenters. The molecule has 1 fully saturated rings. The maximum absolute atomic E-state index is 6.24. The van der Waals surface area contributed by atoms with Gasteiger partial charge in [0, 0.05) is 20.2 Å². The van der Waals surface area contributed by atoms with Gasteiger partial charge in [0.15, 0.2) is 5.96 Å². The Morgan fingerprint density at radius 3 is 2.85 bits per heavy atom. The number of aliphatic imine (C=N–C) groups is 1. The van der Waals surface area contributed by atoms with E-state index in [4.69, 9.17) is 15.5 Å². The summed E-state index contributed by atoms with van der Waals surface area (Å²) < 4.78 is 5.24. The van der Waals surface area contributed by atoms with Gasteiger partial charge in [0.25, 0.3) is 0 Å². The molecule has 0 bridgehead atoms. The molecule has 142 valence electrons. The standard InChI is InChI=1S/C19H26N4OS.HI/c1-14-7-6-10-23(12-14)19(20)21-11-16-18(15-8-4-3-5-9-15)25-17(22-16)13-24-2;/h3-5,8-9,14H,6-7,10-13H2,1-2H3,(H2,20,21);1H. The van der Waals surface area contributed by atoms with Gasteiger partial charge in [-0.3, -0.25) is 0 Å². The number of halogens is 1. The van der Waals surface area contributed by atoms with Gasteiger partial charge in [-0.2, -0.15) is 0 Å². The Morgan fingerprint density at radius 1 is 1.38 bits per heavy atom. The van der Waals surface area contributed by atoms with Crippen molar-refractivity contribution < 1.29 is 4.74 Å². The monoisotopic (exact) mass is 486 g/mol. The summed E-state index contributed by atoms with van der Waals surface area (Å²) in [6.07, 6.45) is 2.45. The molecule has 26 heavy (non-hydrogen) atoms. The molecule has 5 nitrogen and oxygen atoms in total. The van der Waals surface area contributed by atoms with Crippen LogP contribution in [0.15, 0.2) is 35.3 Å². The predicted molar refractivity (Wildman–Crippen MR) is 119 cm³/mol. The fraction of sp³-hybridized carbons (Fsp3) is 0.474. The molecule has 0 aliphatic carbocycles. The largest absolute Gasteiger partial charge is 0.378 e. The van der Waals surface area contributed by atoms with E-state index in [1.165, 1.54) is 12.8 Å². The Kier molecular flexibility index (Phi) is 8.30. The third-order valence-corrected chi connectivity index (χ3v) is 5.54. The van der Waals surface area contributed by atoms with E-state index in [9.17, 15) is 0 Å². The van der Waals surface area contributed by atoms with Crippen LogP contribution >= 0.6 is 35.3 Å². The van der Waals surface area contributed by atoms with E-state index in [2.05, 4.69) is 28.9 Å². The van der Waals surface area contributed by atoms with Gasteiger partial charge in [-0.1, -0.05) is 37.3 Å². The second kappa shape index (κ2) is 10.2. The van der Waals surface area contributed by atoms with E-state index in [0.29, 0.717) is 25.0 Å². The number of likely N-dealkylation sites (tertiary alicyclic amines) is 1. The van der Waals surface area contributed by atoms with Crippen LogP contribution in [0.3, 0.4) is 0 Å². The molecule has 0 amide bonds. The van der Waals surface area contributed by atoms with Crippen molar-refractivity contribution in [2.45, 2.75) is 32.9 Å². The van der Waals surface area contributed by atoms with Gasteiger partial charge in [-0.05, 0) is 24.3 Å². The first-order valence-electron chi connectivity index (χ1n) is 8.75. The van der Waals surface area contributed by atoms with Crippen LogP contribution in [0.25, 0.3) is 10.4 Å². The second-order valence-electron chi connectivity index (χ2n) is 6.55. The summed E-state index contributed by atoms with van der Waals surface area (Å²) in [5, 5.41) is 0.969. The summed E-state index contributed by atoms with van der Waals surface area (Å²) in [6, 6.07) is 10.3. The van der Waals surface area contributed by atoms with E-state index in [0.717, 1.165) is 34.2 Å². The molecule has 7 heteroatoms. The molecule has 0 saturated carbocycles. The van der Waals surface area contributed by atoms with Gasteiger partial charge in [0.2, 0.25) is 0 Å². The third-order valence-electron chi connectivity index (χ3n) is 4.42. The molecule has 1 aromatic heterocycles. The number of benzene rings is 1. The first-order chi connectivity index (χ1) is 12.2. The van der Waals surface area contributed by atoms with Crippen molar-refractivity contribution >= 4 is 41.3 Å². The molecular formula is C19H27IN4OS. The Bertz CT molecular complexity index is 720. The van der Waals surface area contributed by atoms with E-state index in [1.807, 2.05) is 18.2 Å². The fourth-order valence-corrected chi connectivity index (χ4v) is 4.21. The molecular weight excluding hydrogens is 459 g/mol. The van der Waals surface area contributed by atoms with Crippen LogP contribution in [0.2, 0.25) is 0 Å². The Labute approximate surface area is 176 Å². The van der Waals surface area contributed by atoms with Crippen molar-refractivity contribution in [3.05, 3.63) is 41.0 Å². The van der Waals surface area contributed by atoms with Gasteiger partial charge < -0.3 is 15.4 Å². The molecule has 3 rings (SSSR count). The smallest absolute Gasteiger partial charge is 0.191 e. The van der Waals surface area contributed by atoms with Gasteiger partial charge in [0.1, 0.15) is 5.01 Å². The highest BCUT2D eigenvalue weighted by atomic mass is 127. The molecule has 0 radical (unpaired) electrons. The average Bonchev–Trinajstić information content (AvgIpc) is 3.03. The quantitative estimate of drug-likeness (QED) is 0.393. The number of nitrogens with two attached hydrogens (primary N) is 1. The minimum atomic E-state index is 0. The van der Waals surface area contributed by atoms with E-state index >= 15 is 0 Å². The zero-order valence-corrected chi connectivity index (χ0v) is 18.5. The van der Waals surface area contributed by atoms with Gasteiger partial charge >= 0.3 is 0 Å². The van der Waals surface area contributed by atoms with Crippen LogP contribution in [0.4, 0.5) is 0 Å². The van der Waals surface area contributed by atoms with Gasteiger partial charge in [-0.25, -0.2) is 9.98 Å². The lowest BCUT2D eigenvalue weighted by Gasteiger charge is -2.31. The number of methoxy groups -OCH3 is 1. The van der Waals surface area contributed by atoms with Crippen molar-refractivity contribution in [2.24, 2.45) is 16.6 Å². The lowest BCUT2D eigenvalue weighted by Crippen LogP contribution is -2.43. The molecule has 0 spiro atoms. The number of guanidine groups is 1. The first kappa shape index (κ1) is 21.1. The predicted octanol–water partition coefficient (Wildman–Crippen LogP) is 4.12. The van der Waals surface area contributed by atoms with Crippen LogP contribution in [0.5, 0.6) is 0 Å². The average molecular weight is 486 g/mol. The van der Waals surface area contributed by atoms with Gasteiger partial charge in [0.05, 0.1) is 23.7 Å². The minimum absolute atomic E-state index is 0. The lowest BCUT2D eigenvalue weighted by atomic mass is 10.0. The van der Waals surface area contributed by atoms with Crippen LogP contribution in [0, 0.1) is 5.92 Å². The maximum atomic E-state index is 6.24. The molecule has 1 saturated heterocycles. The SMILES string of the molecule is COCc1nc(CN=C(N)N2CCCC(C)C2)c(-c2ccccc2)s1.I. The third kappa shape index (κ3) is 5.40. The van der Waals surface area contributed by atoms with E-state index in [1.54, 1.807) is 18.4 Å². The second-order valence-corrected chi connectivity index (χ2v) is 7.63. The van der Waals surface area contributed by atoms with Gasteiger partial charge in [-0.15, -0.1) is 35.3 Å². The number of hydrogen-bond donors (Lipinski definition) is 1. The Balaban J connectivity index is 0.00000243. The minimum Gasteiger partial charge on any atom is -0.378 e. The van der Waals surface area contributed by atoms with E-state index in [-0.39, 0.29) is 24.0 Å². The number of nitrogens with zero attached hydrogens (tertiary/aromatic N) is 3. The number of hydrogen-bond acceptors (Lipinski definition) is 4. The zero-order valence-electron chi connectivity index (χ0n) is 15.4. The molecule has 1 aromatic carbocycles. The highest BCUT2D eigenvalue weighted by Gasteiger charge is 2.18. The number of aromatic nitrogens is 1. The summed E-state index contributed by atoms with van der Waals surface area (Å²) in [7, 11) is 1.69. The molecule has 2 heterocycles. The van der Waals surface area contributed by atoms with Crippen molar-refractivity contribution in [2.75, 3.05) is 20.2 Å².